The predicted octanol–water partition coefficient (Wildman–Crippen LogP) is 2.03. The van der Waals surface area contributed by atoms with Crippen LogP contribution in [0, 0.1) is 0 Å². The van der Waals surface area contributed by atoms with Crippen molar-refractivity contribution in [3.05, 3.63) is 71.5 Å². The molecule has 4 heteroatoms. The van der Waals surface area contributed by atoms with Crippen LogP contribution in [0.1, 0.15) is 0 Å². The summed E-state index contributed by atoms with van der Waals surface area (Å²) in [6.45, 7) is 0. The van der Waals surface area contributed by atoms with Crippen LogP contribution in [0.25, 0.3) is 11.0 Å². The lowest BCUT2D eigenvalue weighted by Gasteiger charge is -1.81. The van der Waals surface area contributed by atoms with Gasteiger partial charge in [0.15, 0.2) is 0 Å². The molecule has 0 bridgehead atoms. The molecule has 0 saturated heterocycles. The maximum Gasteiger partial charge on any atom is 0.323 e. The highest BCUT2D eigenvalue weighted by Crippen LogP contribution is 2.03. The molecule has 2 aromatic rings. The van der Waals surface area contributed by atoms with Crippen LogP contribution in [-0.2, 0) is 0 Å². The molecular weight excluding hydrogens is 214 g/mol. The van der Waals surface area contributed by atoms with Crippen molar-refractivity contribution in [3.8, 4) is 0 Å². The van der Waals surface area contributed by atoms with Crippen molar-refractivity contribution in [2.45, 2.75) is 0 Å². The molecule has 0 saturated carbocycles. The number of aromatic nitrogens is 2. The van der Waals surface area contributed by atoms with Crippen molar-refractivity contribution in [1.82, 2.24) is 15.3 Å². The van der Waals surface area contributed by atoms with Gasteiger partial charge in [-0.2, -0.15) is 0 Å². The van der Waals surface area contributed by atoms with E-state index in [9.17, 15) is 4.79 Å². The highest BCUT2D eigenvalue weighted by Gasteiger charge is 1.92. The SMILES string of the molecule is C1=CC=CNC=C1.O=c1[nH]c2ccccc2[nH]1. The van der Waals surface area contributed by atoms with Gasteiger partial charge in [0.25, 0.3) is 0 Å². The smallest absolute Gasteiger partial charge is 0.323 e. The number of fused-ring (bicyclic) bond motifs is 1. The van der Waals surface area contributed by atoms with Crippen molar-refractivity contribution < 1.29 is 0 Å². The van der Waals surface area contributed by atoms with Crippen LogP contribution < -0.4 is 11.0 Å². The maximum absolute atomic E-state index is 10.7. The van der Waals surface area contributed by atoms with Crippen molar-refractivity contribution in [2.75, 3.05) is 0 Å². The van der Waals surface area contributed by atoms with E-state index in [1.54, 1.807) is 0 Å². The largest absolute Gasteiger partial charge is 0.368 e. The topological polar surface area (TPSA) is 60.7 Å². The highest BCUT2D eigenvalue weighted by atomic mass is 16.1. The van der Waals surface area contributed by atoms with Gasteiger partial charge < -0.3 is 15.3 Å². The molecule has 0 atom stereocenters. The summed E-state index contributed by atoms with van der Waals surface area (Å²) >= 11 is 0. The standard InChI is InChI=1S/C7H6N2O.C6H7N/c10-7-8-5-3-1-2-4-6(5)9-7;1-2-4-6-7-5-3-1/h1-4H,(H2,8,9,10);1-7H. The van der Waals surface area contributed by atoms with Crippen LogP contribution in [0.3, 0.4) is 0 Å². The third-order valence-corrected chi connectivity index (χ3v) is 2.14. The van der Waals surface area contributed by atoms with E-state index in [4.69, 9.17) is 0 Å². The Hall–Kier alpha value is -2.49. The number of nitrogens with one attached hydrogen (secondary N) is 3. The summed E-state index contributed by atoms with van der Waals surface area (Å²) in [4.78, 5) is 16.0. The van der Waals surface area contributed by atoms with Gasteiger partial charge in [-0.05, 0) is 24.3 Å². The Morgan fingerprint density at radius 1 is 0.765 bits per heavy atom. The first-order valence-electron chi connectivity index (χ1n) is 5.28. The second-order valence-electron chi connectivity index (χ2n) is 3.39. The van der Waals surface area contributed by atoms with Crippen LogP contribution in [0.2, 0.25) is 0 Å². The Labute approximate surface area is 98.4 Å². The molecule has 1 aliphatic heterocycles. The molecule has 1 aromatic heterocycles. The molecule has 0 radical (unpaired) electrons. The average molecular weight is 227 g/mol. The molecular formula is C13H13N3O. The van der Waals surface area contributed by atoms with Crippen LogP contribution >= 0.6 is 0 Å². The fourth-order valence-corrected chi connectivity index (χ4v) is 1.38. The summed E-state index contributed by atoms with van der Waals surface area (Å²) in [6.07, 6.45) is 11.6. The number of benzene rings is 1. The van der Waals surface area contributed by atoms with Crippen molar-refractivity contribution >= 4 is 11.0 Å². The first-order chi connectivity index (χ1) is 8.36. The fourth-order valence-electron chi connectivity index (χ4n) is 1.38. The monoisotopic (exact) mass is 227 g/mol. The molecule has 0 unspecified atom stereocenters. The lowest BCUT2D eigenvalue weighted by molar-refractivity contribution is 1.20. The first-order valence-corrected chi connectivity index (χ1v) is 5.28. The molecule has 0 spiro atoms. The van der Waals surface area contributed by atoms with Crippen LogP contribution in [0.15, 0.2) is 65.8 Å². The molecule has 4 nitrogen and oxygen atoms in total. The van der Waals surface area contributed by atoms with Crippen LogP contribution in [-0.4, -0.2) is 9.97 Å². The van der Waals surface area contributed by atoms with E-state index in [2.05, 4.69) is 15.3 Å². The van der Waals surface area contributed by atoms with Gasteiger partial charge in [-0.3, -0.25) is 0 Å². The molecule has 0 fully saturated rings. The van der Waals surface area contributed by atoms with E-state index in [0.29, 0.717) is 0 Å². The zero-order valence-corrected chi connectivity index (χ0v) is 9.18. The van der Waals surface area contributed by atoms with E-state index >= 15 is 0 Å². The third-order valence-electron chi connectivity index (χ3n) is 2.14. The van der Waals surface area contributed by atoms with Gasteiger partial charge in [0.1, 0.15) is 0 Å². The summed E-state index contributed by atoms with van der Waals surface area (Å²) in [5.74, 6) is 0. The minimum Gasteiger partial charge on any atom is -0.368 e. The number of hydrogen-bond donors (Lipinski definition) is 3. The lowest BCUT2D eigenvalue weighted by atomic mass is 10.3. The van der Waals surface area contributed by atoms with E-state index in [0.717, 1.165) is 11.0 Å². The summed E-state index contributed by atoms with van der Waals surface area (Å²) in [5, 5.41) is 2.92. The van der Waals surface area contributed by atoms with E-state index in [1.807, 2.05) is 61.0 Å². The maximum atomic E-state index is 10.7. The van der Waals surface area contributed by atoms with Gasteiger partial charge in [0, 0.05) is 12.4 Å². The van der Waals surface area contributed by atoms with Crippen molar-refractivity contribution in [3.63, 3.8) is 0 Å². The summed E-state index contributed by atoms with van der Waals surface area (Å²) < 4.78 is 0. The van der Waals surface area contributed by atoms with E-state index in [-0.39, 0.29) is 5.69 Å². The highest BCUT2D eigenvalue weighted by molar-refractivity contribution is 5.73. The average Bonchev–Trinajstić information content (AvgIpc) is 2.57. The van der Waals surface area contributed by atoms with E-state index < -0.39 is 0 Å². The van der Waals surface area contributed by atoms with Gasteiger partial charge in [-0.15, -0.1) is 0 Å². The summed E-state index contributed by atoms with van der Waals surface area (Å²) in [5.41, 5.74) is 1.56. The molecule has 0 amide bonds. The molecule has 17 heavy (non-hydrogen) atoms. The molecule has 2 heterocycles. The predicted molar refractivity (Wildman–Crippen MR) is 69.5 cm³/mol. The van der Waals surface area contributed by atoms with Gasteiger partial charge in [0.2, 0.25) is 0 Å². The number of imidazole rings is 1. The van der Waals surface area contributed by atoms with Gasteiger partial charge in [0.05, 0.1) is 11.0 Å². The second kappa shape index (κ2) is 5.55. The number of H-pyrrole nitrogens is 2. The summed E-state index contributed by atoms with van der Waals surface area (Å²) in [7, 11) is 0. The first kappa shape index (κ1) is 11.0. The number of rotatable bonds is 0. The fraction of sp³-hybridized carbons (Fsp3) is 0. The molecule has 3 rings (SSSR count). The molecule has 1 aliphatic rings. The van der Waals surface area contributed by atoms with Crippen molar-refractivity contribution in [1.29, 1.82) is 0 Å². The van der Waals surface area contributed by atoms with Gasteiger partial charge in [-0.1, -0.05) is 24.3 Å². The van der Waals surface area contributed by atoms with Gasteiger partial charge in [-0.25, -0.2) is 4.79 Å². The minimum atomic E-state index is -0.152. The Bertz CT molecular complexity index is 567. The number of allylic oxidation sites excluding steroid dienone is 4. The number of para-hydroxylation sites is 2. The van der Waals surface area contributed by atoms with Crippen molar-refractivity contribution in [2.24, 2.45) is 0 Å². The molecule has 86 valence electrons. The zero-order valence-electron chi connectivity index (χ0n) is 9.18. The second-order valence-corrected chi connectivity index (χ2v) is 3.39. The Balaban J connectivity index is 0.000000136. The third kappa shape index (κ3) is 3.24. The minimum absolute atomic E-state index is 0.152. The zero-order chi connectivity index (χ0) is 11.9. The van der Waals surface area contributed by atoms with Crippen LogP contribution in [0.5, 0.6) is 0 Å². The van der Waals surface area contributed by atoms with Crippen LogP contribution in [0.4, 0.5) is 0 Å². The number of aromatic amines is 2. The quantitative estimate of drug-likeness (QED) is 0.645. The molecule has 0 aliphatic carbocycles. The molecule has 1 aromatic carbocycles. The Kier molecular flexibility index (Phi) is 3.60. The van der Waals surface area contributed by atoms with E-state index in [1.165, 1.54) is 0 Å². The number of hydrogen-bond acceptors (Lipinski definition) is 2. The summed E-state index contributed by atoms with van der Waals surface area (Å²) in [6, 6.07) is 7.47. The molecule has 3 N–H and O–H groups in total. The lowest BCUT2D eigenvalue weighted by Crippen LogP contribution is -1.99. The Morgan fingerprint density at radius 3 is 1.82 bits per heavy atom. The normalized spacial score (nSPS) is 12.7. The van der Waals surface area contributed by atoms with Gasteiger partial charge >= 0.3 is 5.69 Å². The Morgan fingerprint density at radius 2 is 1.29 bits per heavy atom.